The van der Waals surface area contributed by atoms with Crippen LogP contribution in [0.2, 0.25) is 0 Å². The quantitative estimate of drug-likeness (QED) is 0.870. The number of ether oxygens (including phenoxy) is 1. The second-order valence-electron chi connectivity index (χ2n) is 6.07. The van der Waals surface area contributed by atoms with E-state index >= 15 is 0 Å². The molecule has 3 unspecified atom stereocenters. The van der Waals surface area contributed by atoms with Crippen molar-refractivity contribution in [3.8, 4) is 0 Å². The molecule has 1 aromatic rings. The van der Waals surface area contributed by atoms with Gasteiger partial charge in [-0.25, -0.2) is 4.68 Å². The van der Waals surface area contributed by atoms with Crippen molar-refractivity contribution in [1.82, 2.24) is 20.3 Å². The third kappa shape index (κ3) is 2.88. The molecule has 20 heavy (non-hydrogen) atoms. The third-order valence-corrected chi connectivity index (χ3v) is 4.59. The van der Waals surface area contributed by atoms with Crippen molar-refractivity contribution < 1.29 is 4.74 Å². The minimum atomic E-state index is -0.139. The first-order valence-corrected chi connectivity index (χ1v) is 7.77. The monoisotopic (exact) mass is 280 g/mol. The van der Waals surface area contributed by atoms with Gasteiger partial charge < -0.3 is 10.1 Å². The number of likely N-dealkylation sites (N-methyl/N-ethyl adjacent to an activating group) is 1. The number of nitrogens with zero attached hydrogens (tertiary/aromatic N) is 3. The zero-order chi connectivity index (χ0) is 14.6. The van der Waals surface area contributed by atoms with E-state index < -0.39 is 0 Å². The minimum absolute atomic E-state index is 0.139. The standard InChI is InChI=1S/C15H28N4O/c1-5-9-19-13(11-17-18-19)14(16-3)15(20-4)8-6-7-12(2)10-15/h11-12,14,16H,5-10H2,1-4H3. The van der Waals surface area contributed by atoms with Crippen molar-refractivity contribution in [2.24, 2.45) is 5.92 Å². The van der Waals surface area contributed by atoms with Crippen molar-refractivity contribution in [2.45, 2.75) is 64.1 Å². The molecule has 5 heteroatoms. The SMILES string of the molecule is CCCn1nncc1C(NC)C1(OC)CCCC(C)C1. The van der Waals surface area contributed by atoms with Crippen molar-refractivity contribution in [1.29, 1.82) is 0 Å². The summed E-state index contributed by atoms with van der Waals surface area (Å²) in [5.41, 5.74) is 1.00. The summed E-state index contributed by atoms with van der Waals surface area (Å²) in [5, 5.41) is 11.8. The van der Waals surface area contributed by atoms with E-state index in [1.807, 2.05) is 25.0 Å². The van der Waals surface area contributed by atoms with Gasteiger partial charge in [-0.15, -0.1) is 5.10 Å². The number of hydrogen-bond donors (Lipinski definition) is 1. The first kappa shape index (κ1) is 15.4. The van der Waals surface area contributed by atoms with Crippen LogP contribution < -0.4 is 5.32 Å². The fraction of sp³-hybridized carbons (Fsp3) is 0.867. The lowest BCUT2D eigenvalue weighted by atomic mass is 9.73. The molecule has 3 atom stereocenters. The van der Waals surface area contributed by atoms with E-state index in [4.69, 9.17) is 4.74 Å². The Balaban J connectivity index is 2.31. The molecule has 5 nitrogen and oxygen atoms in total. The second-order valence-corrected chi connectivity index (χ2v) is 6.07. The summed E-state index contributed by atoms with van der Waals surface area (Å²) in [5.74, 6) is 0.704. The molecule has 1 aliphatic rings. The Hall–Kier alpha value is -0.940. The number of hydrogen-bond acceptors (Lipinski definition) is 4. The average molecular weight is 280 g/mol. The van der Waals surface area contributed by atoms with Crippen molar-refractivity contribution in [2.75, 3.05) is 14.2 Å². The van der Waals surface area contributed by atoms with Crippen molar-refractivity contribution in [3.63, 3.8) is 0 Å². The molecule has 0 radical (unpaired) electrons. The van der Waals surface area contributed by atoms with Crippen LogP contribution in [-0.4, -0.2) is 34.8 Å². The molecule has 0 bridgehead atoms. The van der Waals surface area contributed by atoms with Crippen LogP contribution in [0.25, 0.3) is 0 Å². The Labute approximate surface area is 122 Å². The zero-order valence-corrected chi connectivity index (χ0v) is 13.2. The van der Waals surface area contributed by atoms with Gasteiger partial charge in [0.2, 0.25) is 0 Å². The molecule has 1 aliphatic carbocycles. The van der Waals surface area contributed by atoms with Gasteiger partial charge in [0.1, 0.15) is 0 Å². The third-order valence-electron chi connectivity index (χ3n) is 4.59. The van der Waals surface area contributed by atoms with Gasteiger partial charge in [0.05, 0.1) is 23.5 Å². The Kier molecular flexibility index (Phi) is 5.16. The van der Waals surface area contributed by atoms with Crippen LogP contribution in [0.3, 0.4) is 0 Å². The molecular formula is C15H28N4O. The summed E-state index contributed by atoms with van der Waals surface area (Å²) < 4.78 is 8.04. The van der Waals surface area contributed by atoms with E-state index in [-0.39, 0.29) is 11.6 Å². The van der Waals surface area contributed by atoms with E-state index in [1.54, 1.807) is 0 Å². The van der Waals surface area contributed by atoms with Crippen LogP contribution in [-0.2, 0) is 11.3 Å². The van der Waals surface area contributed by atoms with Gasteiger partial charge >= 0.3 is 0 Å². The normalized spacial score (nSPS) is 28.5. The molecule has 1 saturated carbocycles. The summed E-state index contributed by atoms with van der Waals surface area (Å²) >= 11 is 0. The maximum absolute atomic E-state index is 6.03. The van der Waals surface area contributed by atoms with Crippen LogP contribution in [0.5, 0.6) is 0 Å². The van der Waals surface area contributed by atoms with Gasteiger partial charge in [-0.2, -0.15) is 0 Å². The van der Waals surface area contributed by atoms with Gasteiger partial charge in [-0.3, -0.25) is 0 Å². The molecule has 0 aliphatic heterocycles. The molecule has 1 fully saturated rings. The fourth-order valence-electron chi connectivity index (χ4n) is 3.66. The molecule has 0 saturated heterocycles. The van der Waals surface area contributed by atoms with Crippen molar-refractivity contribution in [3.05, 3.63) is 11.9 Å². The Morgan fingerprint density at radius 3 is 3.00 bits per heavy atom. The predicted octanol–water partition coefficient (Wildman–Crippen LogP) is 2.54. The predicted molar refractivity (Wildman–Crippen MR) is 79.5 cm³/mol. The zero-order valence-electron chi connectivity index (χ0n) is 13.2. The van der Waals surface area contributed by atoms with Gasteiger partial charge in [-0.05, 0) is 32.2 Å². The lowest BCUT2D eigenvalue weighted by Gasteiger charge is -2.44. The summed E-state index contributed by atoms with van der Waals surface area (Å²) in [4.78, 5) is 0. The van der Waals surface area contributed by atoms with Crippen LogP contribution in [0.4, 0.5) is 0 Å². The fourth-order valence-corrected chi connectivity index (χ4v) is 3.66. The average Bonchev–Trinajstić information content (AvgIpc) is 2.88. The van der Waals surface area contributed by atoms with E-state index in [9.17, 15) is 0 Å². The molecular weight excluding hydrogens is 252 g/mol. The first-order chi connectivity index (χ1) is 9.66. The van der Waals surface area contributed by atoms with E-state index in [0.29, 0.717) is 5.92 Å². The molecule has 114 valence electrons. The number of nitrogens with one attached hydrogen (secondary N) is 1. The highest BCUT2D eigenvalue weighted by atomic mass is 16.5. The summed E-state index contributed by atoms with van der Waals surface area (Å²) in [6.45, 7) is 5.39. The Morgan fingerprint density at radius 2 is 2.40 bits per heavy atom. The van der Waals surface area contributed by atoms with Crippen LogP contribution in [0, 0.1) is 5.92 Å². The summed E-state index contributed by atoms with van der Waals surface area (Å²) in [6.07, 6.45) is 7.65. The lowest BCUT2D eigenvalue weighted by molar-refractivity contribution is -0.0808. The molecule has 2 rings (SSSR count). The largest absolute Gasteiger partial charge is 0.376 e. The maximum Gasteiger partial charge on any atom is 0.0890 e. The first-order valence-electron chi connectivity index (χ1n) is 7.77. The number of rotatable bonds is 6. The summed E-state index contributed by atoms with van der Waals surface area (Å²) in [7, 11) is 3.85. The maximum atomic E-state index is 6.03. The van der Waals surface area contributed by atoms with E-state index in [0.717, 1.165) is 31.5 Å². The van der Waals surface area contributed by atoms with Crippen LogP contribution >= 0.6 is 0 Å². The molecule has 0 aromatic carbocycles. The highest BCUT2D eigenvalue weighted by Gasteiger charge is 2.43. The van der Waals surface area contributed by atoms with Gasteiger partial charge in [-0.1, -0.05) is 31.9 Å². The number of aromatic nitrogens is 3. The molecule has 1 N–H and O–H groups in total. The van der Waals surface area contributed by atoms with Gasteiger partial charge in [0, 0.05) is 13.7 Å². The highest BCUT2D eigenvalue weighted by Crippen LogP contribution is 2.42. The summed E-state index contributed by atoms with van der Waals surface area (Å²) in [6, 6.07) is 0.150. The minimum Gasteiger partial charge on any atom is -0.376 e. The van der Waals surface area contributed by atoms with Gasteiger partial charge in [0.25, 0.3) is 0 Å². The highest BCUT2D eigenvalue weighted by molar-refractivity contribution is 5.12. The smallest absolute Gasteiger partial charge is 0.0890 e. The topological polar surface area (TPSA) is 52.0 Å². The number of aryl methyl sites for hydroxylation is 1. The Bertz CT molecular complexity index is 420. The second kappa shape index (κ2) is 6.68. The van der Waals surface area contributed by atoms with Gasteiger partial charge in [0.15, 0.2) is 0 Å². The van der Waals surface area contributed by atoms with E-state index in [1.165, 1.54) is 12.8 Å². The lowest BCUT2D eigenvalue weighted by Crippen LogP contribution is -2.48. The van der Waals surface area contributed by atoms with Crippen molar-refractivity contribution >= 4 is 0 Å². The van der Waals surface area contributed by atoms with E-state index in [2.05, 4.69) is 29.5 Å². The number of methoxy groups -OCH3 is 1. The molecule has 1 heterocycles. The molecule has 0 amide bonds. The van der Waals surface area contributed by atoms with Crippen LogP contribution in [0.15, 0.2) is 6.20 Å². The molecule has 0 spiro atoms. The Morgan fingerprint density at radius 1 is 1.60 bits per heavy atom. The molecule has 1 aromatic heterocycles. The van der Waals surface area contributed by atoms with Crippen LogP contribution in [0.1, 0.15) is 57.7 Å².